The van der Waals surface area contributed by atoms with Crippen LogP contribution in [-0.2, 0) is 14.4 Å². The largest absolute Gasteiger partial charge is 0.480 e. The second-order valence-corrected chi connectivity index (χ2v) is 8.87. The van der Waals surface area contributed by atoms with E-state index in [-0.39, 0.29) is 23.7 Å². The van der Waals surface area contributed by atoms with E-state index in [2.05, 4.69) is 10.6 Å². The molecule has 7 nitrogen and oxygen atoms in total. The summed E-state index contributed by atoms with van der Waals surface area (Å²) in [6, 6.07) is -1.29. The van der Waals surface area contributed by atoms with Gasteiger partial charge in [-0.1, -0.05) is 13.8 Å². The zero-order valence-electron chi connectivity index (χ0n) is 16.7. The number of carboxylic acids is 1. The fraction of sp³-hybridized carbons (Fsp3) is 0.842. The summed E-state index contributed by atoms with van der Waals surface area (Å²) in [4.78, 5) is 35.7. The Bertz CT molecular complexity index is 493. The second-order valence-electron chi connectivity index (χ2n) is 7.88. The van der Waals surface area contributed by atoms with Gasteiger partial charge in [0.05, 0.1) is 6.04 Å². The van der Waals surface area contributed by atoms with Crippen molar-refractivity contribution in [1.29, 1.82) is 0 Å². The Morgan fingerprint density at radius 3 is 2.33 bits per heavy atom. The number of carboxylic acid groups (broad SMARTS) is 1. The van der Waals surface area contributed by atoms with Crippen LogP contribution in [0.25, 0.3) is 0 Å². The number of rotatable bonds is 11. The number of carbonyl (C=O) groups excluding carboxylic acids is 2. The van der Waals surface area contributed by atoms with E-state index in [4.69, 9.17) is 5.73 Å². The van der Waals surface area contributed by atoms with E-state index in [0.717, 1.165) is 31.4 Å². The molecule has 0 aromatic heterocycles. The quantitative estimate of drug-likeness (QED) is 0.417. The fourth-order valence-electron chi connectivity index (χ4n) is 3.36. The van der Waals surface area contributed by atoms with Crippen LogP contribution in [0.1, 0.15) is 52.4 Å². The van der Waals surface area contributed by atoms with Crippen molar-refractivity contribution in [2.45, 2.75) is 64.5 Å². The molecule has 5 N–H and O–H groups in total. The molecular formula is C19H35N3O4S. The summed E-state index contributed by atoms with van der Waals surface area (Å²) in [5, 5.41) is 14.9. The van der Waals surface area contributed by atoms with Gasteiger partial charge in [0, 0.05) is 12.5 Å². The fourth-order valence-corrected chi connectivity index (χ4v) is 3.85. The third kappa shape index (κ3) is 8.97. The molecule has 0 bridgehead atoms. The van der Waals surface area contributed by atoms with Gasteiger partial charge in [0.15, 0.2) is 0 Å². The Labute approximate surface area is 166 Å². The van der Waals surface area contributed by atoms with Crippen molar-refractivity contribution in [1.82, 2.24) is 10.6 Å². The summed E-state index contributed by atoms with van der Waals surface area (Å²) in [6.07, 6.45) is 6.22. The second kappa shape index (κ2) is 12.2. The van der Waals surface area contributed by atoms with Crippen LogP contribution >= 0.6 is 11.8 Å². The van der Waals surface area contributed by atoms with Gasteiger partial charge in [-0.15, -0.1) is 0 Å². The van der Waals surface area contributed by atoms with Crippen LogP contribution < -0.4 is 16.4 Å². The lowest BCUT2D eigenvalue weighted by Gasteiger charge is -2.29. The van der Waals surface area contributed by atoms with Crippen LogP contribution in [0.4, 0.5) is 0 Å². The maximum absolute atomic E-state index is 12.4. The van der Waals surface area contributed by atoms with E-state index in [0.29, 0.717) is 25.3 Å². The first-order valence-electron chi connectivity index (χ1n) is 9.80. The minimum atomic E-state index is -0.980. The average Bonchev–Trinajstić information content (AvgIpc) is 2.63. The number of aliphatic carboxylic acids is 1. The highest BCUT2D eigenvalue weighted by atomic mass is 32.2. The molecule has 0 spiro atoms. The smallest absolute Gasteiger partial charge is 0.326 e. The van der Waals surface area contributed by atoms with Gasteiger partial charge in [0.1, 0.15) is 6.04 Å². The van der Waals surface area contributed by atoms with E-state index >= 15 is 0 Å². The standard InChI is InChI=1S/C19H35N3O4S/c1-12(2)10-16(19(25)26)22-17(23)14-6-4-13(5-7-14)11-21-18(24)15(20)8-9-27-3/h12-16H,4-11,20H2,1-3H3,(H,21,24)(H,22,23)(H,25,26). The van der Waals surface area contributed by atoms with Gasteiger partial charge < -0.3 is 21.5 Å². The molecule has 2 amide bonds. The van der Waals surface area contributed by atoms with E-state index in [1.165, 1.54) is 0 Å². The summed E-state index contributed by atoms with van der Waals surface area (Å²) in [5.74, 6) is 0.0143. The van der Waals surface area contributed by atoms with Crippen molar-refractivity contribution in [3.63, 3.8) is 0 Å². The van der Waals surface area contributed by atoms with Gasteiger partial charge in [-0.2, -0.15) is 11.8 Å². The highest BCUT2D eigenvalue weighted by Gasteiger charge is 2.30. The summed E-state index contributed by atoms with van der Waals surface area (Å²) in [6.45, 7) is 4.47. The molecule has 8 heteroatoms. The molecule has 0 heterocycles. The Hall–Kier alpha value is -1.28. The van der Waals surface area contributed by atoms with Gasteiger partial charge >= 0.3 is 5.97 Å². The predicted octanol–water partition coefficient (Wildman–Crippen LogP) is 1.60. The lowest BCUT2D eigenvalue weighted by molar-refractivity contribution is -0.143. The van der Waals surface area contributed by atoms with Crippen LogP contribution in [0.5, 0.6) is 0 Å². The topological polar surface area (TPSA) is 122 Å². The molecule has 0 saturated heterocycles. The Balaban J connectivity index is 2.35. The third-order valence-corrected chi connectivity index (χ3v) is 5.72. The van der Waals surface area contributed by atoms with Gasteiger partial charge in [-0.25, -0.2) is 4.79 Å². The first kappa shape index (κ1) is 23.8. The number of hydrogen-bond donors (Lipinski definition) is 4. The molecule has 1 saturated carbocycles. The van der Waals surface area contributed by atoms with Crippen molar-refractivity contribution in [3.05, 3.63) is 0 Å². The zero-order valence-corrected chi connectivity index (χ0v) is 17.5. The molecule has 27 heavy (non-hydrogen) atoms. The Kier molecular flexibility index (Phi) is 10.8. The summed E-state index contributed by atoms with van der Waals surface area (Å²) >= 11 is 1.67. The molecule has 2 unspecified atom stereocenters. The molecular weight excluding hydrogens is 366 g/mol. The molecule has 156 valence electrons. The van der Waals surface area contributed by atoms with Crippen molar-refractivity contribution in [2.24, 2.45) is 23.5 Å². The summed E-state index contributed by atoms with van der Waals surface area (Å²) in [7, 11) is 0. The van der Waals surface area contributed by atoms with Gasteiger partial charge in [0.25, 0.3) is 0 Å². The Morgan fingerprint density at radius 2 is 1.81 bits per heavy atom. The predicted molar refractivity (Wildman–Crippen MR) is 108 cm³/mol. The van der Waals surface area contributed by atoms with Crippen LogP contribution in [0.15, 0.2) is 0 Å². The number of amides is 2. The van der Waals surface area contributed by atoms with Crippen molar-refractivity contribution >= 4 is 29.5 Å². The molecule has 0 aromatic rings. The average molecular weight is 402 g/mol. The highest BCUT2D eigenvalue weighted by Crippen LogP contribution is 2.28. The minimum Gasteiger partial charge on any atom is -0.480 e. The number of carbonyl (C=O) groups is 3. The first-order chi connectivity index (χ1) is 12.7. The lowest BCUT2D eigenvalue weighted by Crippen LogP contribution is -2.46. The number of thioether (sulfide) groups is 1. The molecule has 1 rings (SSSR count). The van der Waals surface area contributed by atoms with E-state index < -0.39 is 18.1 Å². The highest BCUT2D eigenvalue weighted by molar-refractivity contribution is 7.98. The SMILES string of the molecule is CSCCC(N)C(=O)NCC1CCC(C(=O)NC(CC(C)C)C(=O)O)CC1. The van der Waals surface area contributed by atoms with Crippen LogP contribution in [0.3, 0.4) is 0 Å². The number of nitrogens with two attached hydrogens (primary N) is 1. The molecule has 0 aliphatic heterocycles. The zero-order chi connectivity index (χ0) is 20.4. The molecule has 1 aliphatic rings. The minimum absolute atomic E-state index is 0.109. The van der Waals surface area contributed by atoms with Crippen molar-refractivity contribution < 1.29 is 19.5 Å². The Morgan fingerprint density at radius 1 is 1.19 bits per heavy atom. The van der Waals surface area contributed by atoms with Gasteiger partial charge in [-0.3, -0.25) is 9.59 Å². The third-order valence-electron chi connectivity index (χ3n) is 5.07. The van der Waals surface area contributed by atoms with E-state index in [9.17, 15) is 19.5 Å². The van der Waals surface area contributed by atoms with E-state index in [1.54, 1.807) is 11.8 Å². The maximum atomic E-state index is 12.4. The van der Waals surface area contributed by atoms with Crippen LogP contribution in [0, 0.1) is 17.8 Å². The molecule has 1 aliphatic carbocycles. The van der Waals surface area contributed by atoms with Crippen LogP contribution in [-0.4, -0.2) is 53.5 Å². The number of hydrogen-bond acceptors (Lipinski definition) is 5. The summed E-state index contributed by atoms with van der Waals surface area (Å²) < 4.78 is 0. The molecule has 0 aromatic carbocycles. The monoisotopic (exact) mass is 401 g/mol. The van der Waals surface area contributed by atoms with Crippen LogP contribution in [0.2, 0.25) is 0 Å². The lowest BCUT2D eigenvalue weighted by atomic mass is 9.81. The van der Waals surface area contributed by atoms with Crippen molar-refractivity contribution in [3.8, 4) is 0 Å². The molecule has 0 radical (unpaired) electrons. The van der Waals surface area contributed by atoms with E-state index in [1.807, 2.05) is 20.1 Å². The molecule has 1 fully saturated rings. The van der Waals surface area contributed by atoms with Gasteiger partial charge in [-0.05, 0) is 62.4 Å². The first-order valence-corrected chi connectivity index (χ1v) is 11.2. The van der Waals surface area contributed by atoms with Gasteiger partial charge in [0.2, 0.25) is 11.8 Å². The number of nitrogens with one attached hydrogen (secondary N) is 2. The molecule has 2 atom stereocenters. The summed E-state index contributed by atoms with van der Waals surface area (Å²) in [5.41, 5.74) is 5.86. The maximum Gasteiger partial charge on any atom is 0.326 e. The van der Waals surface area contributed by atoms with Crippen molar-refractivity contribution in [2.75, 3.05) is 18.6 Å². The normalized spacial score (nSPS) is 22.1.